The largest absolute Gasteiger partial charge is 0.322 e. The molecular formula is C43H54N2O2. The van der Waals surface area contributed by atoms with E-state index in [-0.39, 0.29) is 33.5 Å². The first-order valence-corrected chi connectivity index (χ1v) is 16.7. The summed E-state index contributed by atoms with van der Waals surface area (Å²) in [4.78, 5) is 26.7. The molecule has 47 heavy (non-hydrogen) atoms. The van der Waals surface area contributed by atoms with E-state index in [2.05, 4.69) is 106 Å². The van der Waals surface area contributed by atoms with Crippen LogP contribution in [0.4, 0.5) is 11.4 Å². The van der Waals surface area contributed by atoms with Crippen LogP contribution in [0.5, 0.6) is 0 Å². The van der Waals surface area contributed by atoms with Crippen LogP contribution in [0.25, 0.3) is 0 Å². The highest BCUT2D eigenvalue weighted by atomic mass is 16.2. The van der Waals surface area contributed by atoms with Crippen molar-refractivity contribution in [2.24, 2.45) is 0 Å². The van der Waals surface area contributed by atoms with E-state index in [4.69, 9.17) is 0 Å². The molecule has 0 aliphatic carbocycles. The third kappa shape index (κ3) is 9.44. The Balaban J connectivity index is 1.42. The molecule has 0 bridgehead atoms. The number of hydrogen-bond acceptors (Lipinski definition) is 2. The van der Waals surface area contributed by atoms with Gasteiger partial charge in [0.2, 0.25) is 0 Å². The molecule has 248 valence electrons. The Labute approximate surface area is 283 Å². The first-order chi connectivity index (χ1) is 21.6. The Hall–Kier alpha value is -4.18. The molecule has 4 aromatic rings. The molecule has 0 spiro atoms. The highest BCUT2D eigenvalue weighted by Crippen LogP contribution is 2.32. The van der Waals surface area contributed by atoms with Gasteiger partial charge in [-0.05, 0) is 110 Å². The van der Waals surface area contributed by atoms with Gasteiger partial charge in [0, 0.05) is 22.5 Å². The van der Waals surface area contributed by atoms with Crippen LogP contribution in [0.1, 0.15) is 137 Å². The molecule has 2 N–H and O–H groups in total. The minimum absolute atomic E-state index is 0.0596. The van der Waals surface area contributed by atoms with Gasteiger partial charge < -0.3 is 10.6 Å². The van der Waals surface area contributed by atoms with Crippen molar-refractivity contribution in [2.75, 3.05) is 10.6 Å². The van der Waals surface area contributed by atoms with E-state index >= 15 is 0 Å². The van der Waals surface area contributed by atoms with E-state index in [1.165, 1.54) is 0 Å². The monoisotopic (exact) mass is 630 g/mol. The second kappa shape index (κ2) is 13.1. The zero-order valence-electron chi connectivity index (χ0n) is 30.6. The summed E-state index contributed by atoms with van der Waals surface area (Å²) in [7, 11) is 0. The zero-order chi connectivity index (χ0) is 34.9. The Morgan fingerprint density at radius 1 is 0.426 bits per heavy atom. The van der Waals surface area contributed by atoms with Gasteiger partial charge in [-0.1, -0.05) is 119 Å². The van der Waals surface area contributed by atoms with Gasteiger partial charge in [0.1, 0.15) is 0 Å². The summed E-state index contributed by atoms with van der Waals surface area (Å²) in [6.07, 6.45) is 0.744. The van der Waals surface area contributed by atoms with Crippen molar-refractivity contribution < 1.29 is 9.59 Å². The summed E-state index contributed by atoms with van der Waals surface area (Å²) in [5.41, 5.74) is 9.53. The van der Waals surface area contributed by atoms with Crippen LogP contribution in [0.15, 0.2) is 84.9 Å². The average molecular weight is 631 g/mol. The molecule has 0 aliphatic heterocycles. The molecule has 4 rings (SSSR count). The molecule has 0 aliphatic rings. The number of amides is 2. The molecule has 0 unspecified atom stereocenters. The lowest BCUT2D eigenvalue weighted by Gasteiger charge is -2.26. The number of carbonyl (C=O) groups excluding carboxylic acids is 2. The van der Waals surface area contributed by atoms with E-state index in [9.17, 15) is 9.59 Å². The highest BCUT2D eigenvalue weighted by molar-refractivity contribution is 6.05. The maximum absolute atomic E-state index is 13.3. The van der Waals surface area contributed by atoms with Crippen molar-refractivity contribution in [1.29, 1.82) is 0 Å². The molecule has 4 nitrogen and oxygen atoms in total. The summed E-state index contributed by atoms with van der Waals surface area (Å²) in [6.45, 7) is 26.1. The van der Waals surface area contributed by atoms with Crippen molar-refractivity contribution in [1.82, 2.24) is 0 Å². The van der Waals surface area contributed by atoms with Crippen LogP contribution in [0, 0.1) is 0 Å². The molecule has 4 heteroatoms. The van der Waals surface area contributed by atoms with E-state index in [1.54, 1.807) is 0 Å². The second-order valence-corrected chi connectivity index (χ2v) is 17.1. The van der Waals surface area contributed by atoms with Crippen LogP contribution in [0.3, 0.4) is 0 Å². The van der Waals surface area contributed by atoms with Crippen molar-refractivity contribution in [2.45, 2.75) is 111 Å². The summed E-state index contributed by atoms with van der Waals surface area (Å²) in [5.74, 6) is -0.210. The maximum atomic E-state index is 13.3. The van der Waals surface area contributed by atoms with Gasteiger partial charge >= 0.3 is 0 Å². The third-order valence-corrected chi connectivity index (χ3v) is 8.69. The van der Waals surface area contributed by atoms with Crippen molar-refractivity contribution >= 4 is 23.2 Å². The Morgan fingerprint density at radius 3 is 0.915 bits per heavy atom. The molecule has 0 radical (unpaired) electrons. The number of rotatable bonds is 6. The van der Waals surface area contributed by atoms with Gasteiger partial charge in [-0.2, -0.15) is 0 Å². The average Bonchev–Trinajstić information content (AvgIpc) is 2.97. The Bertz CT molecular complexity index is 1540. The maximum Gasteiger partial charge on any atom is 0.255 e. The fourth-order valence-corrected chi connectivity index (χ4v) is 5.30. The quantitative estimate of drug-likeness (QED) is 0.223. The molecule has 0 fully saturated rings. The fourth-order valence-electron chi connectivity index (χ4n) is 5.30. The molecule has 2 amide bonds. The lowest BCUT2D eigenvalue weighted by atomic mass is 9.79. The van der Waals surface area contributed by atoms with Gasteiger partial charge in [0.05, 0.1) is 0 Å². The molecule has 0 atom stereocenters. The number of nitrogens with one attached hydrogen (secondary N) is 2. The Kier molecular flexibility index (Phi) is 9.97. The predicted octanol–water partition coefficient (Wildman–Crippen LogP) is 11.0. The van der Waals surface area contributed by atoms with Crippen LogP contribution in [-0.4, -0.2) is 11.8 Å². The standard InChI is InChI=1S/C43H54N2O2/c1-40(2,3)32-22-30(23-33(26-32)41(4,5)6)38(46)44-36-17-13-28(14-18-36)21-29-15-19-37(20-16-29)45-39(47)31-24-34(42(7,8)9)27-35(25-31)43(10,11)12/h13-20,22-27H,21H2,1-12H3,(H,44,46)(H,45,47). The molecular weight excluding hydrogens is 576 g/mol. The van der Waals surface area contributed by atoms with Gasteiger partial charge in [0.15, 0.2) is 0 Å². The third-order valence-electron chi connectivity index (χ3n) is 8.69. The summed E-state index contributed by atoms with van der Waals surface area (Å²) >= 11 is 0. The van der Waals surface area contributed by atoms with E-state index in [0.29, 0.717) is 11.1 Å². The lowest BCUT2D eigenvalue weighted by molar-refractivity contribution is 0.101. The van der Waals surface area contributed by atoms with Gasteiger partial charge in [-0.15, -0.1) is 0 Å². The summed E-state index contributed by atoms with van der Waals surface area (Å²) in [6, 6.07) is 28.5. The number of benzene rings is 4. The van der Waals surface area contributed by atoms with Crippen molar-refractivity contribution in [3.05, 3.63) is 129 Å². The van der Waals surface area contributed by atoms with E-state index in [1.807, 2.05) is 72.8 Å². The number of hydrogen-bond donors (Lipinski definition) is 2. The first-order valence-electron chi connectivity index (χ1n) is 16.7. The molecule has 0 saturated carbocycles. The van der Waals surface area contributed by atoms with Gasteiger partial charge in [0.25, 0.3) is 11.8 Å². The minimum Gasteiger partial charge on any atom is -0.322 e. The lowest BCUT2D eigenvalue weighted by Crippen LogP contribution is -2.20. The first kappa shape index (κ1) is 35.7. The van der Waals surface area contributed by atoms with Crippen LogP contribution in [-0.2, 0) is 28.1 Å². The van der Waals surface area contributed by atoms with Crippen LogP contribution >= 0.6 is 0 Å². The molecule has 0 aromatic heterocycles. The second-order valence-electron chi connectivity index (χ2n) is 17.1. The van der Waals surface area contributed by atoms with Gasteiger partial charge in [-0.25, -0.2) is 0 Å². The van der Waals surface area contributed by atoms with Crippen LogP contribution < -0.4 is 10.6 Å². The number of anilines is 2. The normalized spacial score (nSPS) is 12.5. The minimum atomic E-state index is -0.105. The van der Waals surface area contributed by atoms with Crippen molar-refractivity contribution in [3.63, 3.8) is 0 Å². The highest BCUT2D eigenvalue weighted by Gasteiger charge is 2.24. The van der Waals surface area contributed by atoms with E-state index in [0.717, 1.165) is 51.2 Å². The molecule has 0 saturated heterocycles. The predicted molar refractivity (Wildman–Crippen MR) is 199 cm³/mol. The van der Waals surface area contributed by atoms with Crippen LogP contribution in [0.2, 0.25) is 0 Å². The SMILES string of the molecule is CC(C)(C)c1cc(C(=O)Nc2ccc(Cc3ccc(NC(=O)c4cc(C(C)(C)C)cc(C(C)(C)C)c4)cc3)cc2)cc(C(C)(C)C)c1. The number of carbonyl (C=O) groups is 2. The van der Waals surface area contributed by atoms with E-state index < -0.39 is 0 Å². The van der Waals surface area contributed by atoms with Gasteiger partial charge in [-0.3, -0.25) is 9.59 Å². The Morgan fingerprint density at radius 2 is 0.681 bits per heavy atom. The zero-order valence-corrected chi connectivity index (χ0v) is 30.6. The molecule has 0 heterocycles. The fraction of sp³-hybridized carbons (Fsp3) is 0.395. The smallest absolute Gasteiger partial charge is 0.255 e. The summed E-state index contributed by atoms with van der Waals surface area (Å²) in [5, 5.41) is 6.18. The van der Waals surface area contributed by atoms with Crippen molar-refractivity contribution in [3.8, 4) is 0 Å². The topological polar surface area (TPSA) is 58.2 Å². The summed E-state index contributed by atoms with van der Waals surface area (Å²) < 4.78 is 0. The molecule has 4 aromatic carbocycles.